The molecule has 26 heavy (non-hydrogen) atoms. The molecule has 142 valence electrons. The van der Waals surface area contributed by atoms with Gasteiger partial charge in [0.05, 0.1) is 10.5 Å². The van der Waals surface area contributed by atoms with E-state index in [2.05, 4.69) is 5.16 Å². The third-order valence-corrected chi connectivity index (χ3v) is 6.27. The van der Waals surface area contributed by atoms with Crippen molar-refractivity contribution >= 4 is 32.4 Å². The molecule has 1 aliphatic carbocycles. The minimum Gasteiger partial charge on any atom is -0.386 e. The van der Waals surface area contributed by atoms with Crippen molar-refractivity contribution in [3.63, 3.8) is 0 Å². The van der Waals surface area contributed by atoms with Crippen LogP contribution < -0.4 is 0 Å². The van der Waals surface area contributed by atoms with E-state index in [9.17, 15) is 26.4 Å². The maximum atomic E-state index is 13.0. The van der Waals surface area contributed by atoms with Crippen molar-refractivity contribution < 1.29 is 31.2 Å². The molecule has 2 aliphatic rings. The SMILES string of the molecule is CSC1=NOC(c2ccc(C(F)(F)F)cc2S(C)(=O)=O)C1C(=O)C1CC1. The van der Waals surface area contributed by atoms with Crippen LogP contribution >= 0.6 is 11.8 Å². The molecule has 3 rings (SSSR count). The molecule has 1 saturated carbocycles. The van der Waals surface area contributed by atoms with Crippen molar-refractivity contribution in [1.82, 2.24) is 0 Å². The van der Waals surface area contributed by atoms with Crippen molar-refractivity contribution in [2.45, 2.75) is 30.0 Å². The summed E-state index contributed by atoms with van der Waals surface area (Å²) in [7, 11) is -3.98. The molecule has 0 saturated heterocycles. The first kappa shape index (κ1) is 19.2. The van der Waals surface area contributed by atoms with Gasteiger partial charge in [0.1, 0.15) is 16.7 Å². The van der Waals surface area contributed by atoms with E-state index in [1.807, 2.05) is 0 Å². The van der Waals surface area contributed by atoms with Gasteiger partial charge in [-0.05, 0) is 31.2 Å². The predicted octanol–water partition coefficient (Wildman–Crippen LogP) is 3.45. The van der Waals surface area contributed by atoms with Crippen LogP contribution in [0.3, 0.4) is 0 Å². The van der Waals surface area contributed by atoms with Crippen LogP contribution in [0.25, 0.3) is 0 Å². The van der Waals surface area contributed by atoms with Crippen LogP contribution in [-0.4, -0.2) is 31.8 Å². The Balaban J connectivity index is 2.09. The first-order chi connectivity index (χ1) is 12.0. The van der Waals surface area contributed by atoms with Crippen LogP contribution in [0.1, 0.15) is 30.1 Å². The molecule has 2 unspecified atom stereocenters. The highest BCUT2D eigenvalue weighted by Gasteiger charge is 2.47. The number of oxime groups is 1. The molecule has 0 aromatic heterocycles. The van der Waals surface area contributed by atoms with Crippen molar-refractivity contribution in [3.8, 4) is 0 Å². The zero-order valence-corrected chi connectivity index (χ0v) is 15.5. The maximum Gasteiger partial charge on any atom is 0.416 e. The molecule has 10 heteroatoms. The number of ketones is 1. The quantitative estimate of drug-likeness (QED) is 0.764. The summed E-state index contributed by atoms with van der Waals surface area (Å²) in [6.07, 6.45) is -1.70. The van der Waals surface area contributed by atoms with E-state index in [-0.39, 0.29) is 17.3 Å². The second-order valence-electron chi connectivity index (χ2n) is 6.34. The molecule has 0 bridgehead atoms. The molecular formula is C16H16F3NO4S2. The van der Waals surface area contributed by atoms with Gasteiger partial charge in [0, 0.05) is 17.7 Å². The van der Waals surface area contributed by atoms with Crippen LogP contribution in [0.15, 0.2) is 28.3 Å². The summed E-state index contributed by atoms with van der Waals surface area (Å²) >= 11 is 1.21. The highest BCUT2D eigenvalue weighted by Crippen LogP contribution is 2.45. The molecule has 1 heterocycles. The van der Waals surface area contributed by atoms with Gasteiger partial charge in [-0.2, -0.15) is 13.2 Å². The molecule has 0 N–H and O–H groups in total. The summed E-state index contributed by atoms with van der Waals surface area (Å²) < 4.78 is 63.2. The molecule has 1 fully saturated rings. The number of sulfone groups is 1. The highest BCUT2D eigenvalue weighted by atomic mass is 32.2. The zero-order chi connectivity index (χ0) is 19.3. The monoisotopic (exact) mass is 407 g/mol. The van der Waals surface area contributed by atoms with Crippen LogP contribution in [0.4, 0.5) is 13.2 Å². The Morgan fingerprint density at radius 1 is 1.31 bits per heavy atom. The van der Waals surface area contributed by atoms with E-state index in [0.29, 0.717) is 11.1 Å². The summed E-state index contributed by atoms with van der Waals surface area (Å²) in [6.45, 7) is 0. The number of benzene rings is 1. The smallest absolute Gasteiger partial charge is 0.386 e. The zero-order valence-electron chi connectivity index (χ0n) is 13.9. The maximum absolute atomic E-state index is 13.0. The van der Waals surface area contributed by atoms with E-state index < -0.39 is 38.5 Å². The second-order valence-corrected chi connectivity index (χ2v) is 9.15. The van der Waals surface area contributed by atoms with Crippen LogP contribution in [0.5, 0.6) is 0 Å². The van der Waals surface area contributed by atoms with Gasteiger partial charge in [0.15, 0.2) is 15.9 Å². The fraction of sp³-hybridized carbons (Fsp3) is 0.500. The van der Waals surface area contributed by atoms with Crippen molar-refractivity contribution in [2.75, 3.05) is 12.5 Å². The Kier molecular flexibility index (Phi) is 4.85. The molecule has 1 aromatic carbocycles. The van der Waals surface area contributed by atoms with E-state index >= 15 is 0 Å². The summed E-state index contributed by atoms with van der Waals surface area (Å²) in [5.41, 5.74) is -1.05. The van der Waals surface area contributed by atoms with Crippen molar-refractivity contribution in [2.24, 2.45) is 17.0 Å². The van der Waals surface area contributed by atoms with E-state index in [4.69, 9.17) is 4.84 Å². The van der Waals surface area contributed by atoms with Gasteiger partial charge in [0.2, 0.25) is 0 Å². The minimum atomic E-state index is -4.68. The molecule has 0 radical (unpaired) electrons. The summed E-state index contributed by atoms with van der Waals surface area (Å²) in [6, 6.07) is 2.45. The molecule has 5 nitrogen and oxygen atoms in total. The Bertz CT molecular complexity index is 876. The number of carbonyl (C=O) groups is 1. The molecular weight excluding hydrogens is 391 g/mol. The normalized spacial score (nSPS) is 23.5. The number of thioether (sulfide) groups is 1. The Hall–Kier alpha value is -1.55. The third-order valence-electron chi connectivity index (χ3n) is 4.37. The predicted molar refractivity (Wildman–Crippen MR) is 90.6 cm³/mol. The van der Waals surface area contributed by atoms with Crippen molar-refractivity contribution in [3.05, 3.63) is 29.3 Å². The van der Waals surface area contributed by atoms with Gasteiger partial charge in [-0.1, -0.05) is 11.2 Å². The summed E-state index contributed by atoms with van der Waals surface area (Å²) in [4.78, 5) is 17.5. The molecule has 2 atom stereocenters. The average Bonchev–Trinajstić information content (AvgIpc) is 3.31. The van der Waals surface area contributed by atoms with Crippen LogP contribution in [0, 0.1) is 11.8 Å². The van der Waals surface area contributed by atoms with Crippen LogP contribution in [0.2, 0.25) is 0 Å². The fourth-order valence-corrected chi connectivity index (χ4v) is 4.48. The number of rotatable bonds is 4. The fourth-order valence-electron chi connectivity index (χ4n) is 2.92. The number of halogens is 3. The van der Waals surface area contributed by atoms with E-state index in [0.717, 1.165) is 31.2 Å². The minimum absolute atomic E-state index is 0.0206. The average molecular weight is 407 g/mol. The second kappa shape index (κ2) is 6.56. The third kappa shape index (κ3) is 3.62. The number of nitrogens with zero attached hydrogens (tertiary/aromatic N) is 1. The number of hydrogen-bond acceptors (Lipinski definition) is 6. The molecule has 0 amide bonds. The Labute approximate surface area is 152 Å². The number of alkyl halides is 3. The van der Waals surface area contributed by atoms with Gasteiger partial charge in [-0.3, -0.25) is 4.79 Å². The highest BCUT2D eigenvalue weighted by molar-refractivity contribution is 8.13. The summed E-state index contributed by atoms with van der Waals surface area (Å²) in [5, 5.41) is 4.27. The lowest BCUT2D eigenvalue weighted by molar-refractivity contribution is -0.137. The summed E-state index contributed by atoms with van der Waals surface area (Å²) in [5.74, 6) is -1.03. The lowest BCUT2D eigenvalue weighted by Crippen LogP contribution is -2.27. The van der Waals surface area contributed by atoms with Gasteiger partial charge >= 0.3 is 6.18 Å². The Morgan fingerprint density at radius 3 is 2.46 bits per heavy atom. The number of hydrogen-bond donors (Lipinski definition) is 0. The number of Topliss-reactive ketones (excluding diaryl/α,β-unsaturated/α-hetero) is 1. The number of carbonyl (C=O) groups excluding carboxylic acids is 1. The molecule has 1 aromatic rings. The van der Waals surface area contributed by atoms with Gasteiger partial charge < -0.3 is 4.84 Å². The lowest BCUT2D eigenvalue weighted by atomic mass is 9.90. The van der Waals surface area contributed by atoms with E-state index in [1.54, 1.807) is 6.26 Å². The molecule has 1 aliphatic heterocycles. The first-order valence-electron chi connectivity index (χ1n) is 7.76. The van der Waals surface area contributed by atoms with Gasteiger partial charge in [-0.15, -0.1) is 11.8 Å². The molecule has 0 spiro atoms. The first-order valence-corrected chi connectivity index (χ1v) is 10.9. The van der Waals surface area contributed by atoms with Gasteiger partial charge in [-0.25, -0.2) is 8.42 Å². The standard InChI is InChI=1S/C16H16F3NO4S2/c1-25-15-12(13(21)8-3-4-8)14(24-20-15)10-6-5-9(16(17,18)19)7-11(10)26(2,22)23/h5-8,12,14H,3-4H2,1-2H3. The Morgan fingerprint density at radius 2 is 1.96 bits per heavy atom. The van der Waals surface area contributed by atoms with Gasteiger partial charge in [0.25, 0.3) is 0 Å². The van der Waals surface area contributed by atoms with Crippen LogP contribution in [-0.2, 0) is 25.6 Å². The topological polar surface area (TPSA) is 72.8 Å². The largest absolute Gasteiger partial charge is 0.416 e. The van der Waals surface area contributed by atoms with Crippen molar-refractivity contribution in [1.29, 1.82) is 0 Å². The van der Waals surface area contributed by atoms with E-state index in [1.165, 1.54) is 11.8 Å². The lowest BCUT2D eigenvalue weighted by Gasteiger charge is -2.20.